The Labute approximate surface area is 128 Å². The lowest BCUT2D eigenvalue weighted by atomic mass is 10.1. The zero-order valence-electron chi connectivity index (χ0n) is 12.1. The van der Waals surface area contributed by atoms with Gasteiger partial charge in [0.05, 0.1) is 18.9 Å². The van der Waals surface area contributed by atoms with Crippen molar-refractivity contribution in [3.8, 4) is 17.1 Å². The second-order valence-electron chi connectivity index (χ2n) is 4.71. The van der Waals surface area contributed by atoms with Crippen molar-refractivity contribution in [2.75, 3.05) is 12.4 Å². The number of benzene rings is 2. The lowest BCUT2D eigenvalue weighted by Gasteiger charge is -2.09. The summed E-state index contributed by atoms with van der Waals surface area (Å²) in [4.78, 5) is 12.4. The van der Waals surface area contributed by atoms with Gasteiger partial charge in [0.15, 0.2) is 0 Å². The Balaban J connectivity index is 1.84. The van der Waals surface area contributed by atoms with Gasteiger partial charge in [-0.2, -0.15) is 0 Å². The summed E-state index contributed by atoms with van der Waals surface area (Å²) in [5.74, 6) is 1.09. The second kappa shape index (κ2) is 6.18. The van der Waals surface area contributed by atoms with Gasteiger partial charge in [-0.1, -0.05) is 24.3 Å². The second-order valence-corrected chi connectivity index (χ2v) is 4.71. The SMILES string of the molecule is COc1ccccc1C(=O)Nc1cccc(-c2ccco2)c1. The van der Waals surface area contributed by atoms with E-state index in [1.807, 2.05) is 42.5 Å². The van der Waals surface area contributed by atoms with E-state index in [4.69, 9.17) is 9.15 Å². The average molecular weight is 293 g/mol. The van der Waals surface area contributed by atoms with Gasteiger partial charge < -0.3 is 14.5 Å². The van der Waals surface area contributed by atoms with Crippen LogP contribution in [0.1, 0.15) is 10.4 Å². The number of carbonyl (C=O) groups is 1. The quantitative estimate of drug-likeness (QED) is 0.784. The summed E-state index contributed by atoms with van der Waals surface area (Å²) in [6.45, 7) is 0. The molecule has 0 saturated carbocycles. The number of anilines is 1. The molecule has 4 heteroatoms. The number of ether oxygens (including phenoxy) is 1. The molecule has 0 aliphatic heterocycles. The number of rotatable bonds is 4. The summed E-state index contributed by atoms with van der Waals surface area (Å²) in [6, 6.07) is 18.3. The van der Waals surface area contributed by atoms with E-state index in [-0.39, 0.29) is 5.91 Å². The van der Waals surface area contributed by atoms with E-state index in [0.29, 0.717) is 17.0 Å². The molecule has 1 N–H and O–H groups in total. The van der Waals surface area contributed by atoms with E-state index in [9.17, 15) is 4.79 Å². The highest BCUT2D eigenvalue weighted by atomic mass is 16.5. The molecule has 1 heterocycles. The third kappa shape index (κ3) is 2.86. The van der Waals surface area contributed by atoms with Crippen LogP contribution < -0.4 is 10.1 Å². The largest absolute Gasteiger partial charge is 0.496 e. The van der Waals surface area contributed by atoms with Crippen molar-refractivity contribution >= 4 is 11.6 Å². The first-order valence-electron chi connectivity index (χ1n) is 6.86. The predicted octanol–water partition coefficient (Wildman–Crippen LogP) is 4.21. The number of carbonyl (C=O) groups excluding carboxylic acids is 1. The molecule has 0 fully saturated rings. The van der Waals surface area contributed by atoms with Crippen LogP contribution in [0.15, 0.2) is 71.3 Å². The molecule has 0 atom stereocenters. The summed E-state index contributed by atoms with van der Waals surface area (Å²) in [6.07, 6.45) is 1.62. The van der Waals surface area contributed by atoms with Crippen LogP contribution in [0, 0.1) is 0 Å². The average Bonchev–Trinajstić information content (AvgIpc) is 3.09. The fraction of sp³-hybridized carbons (Fsp3) is 0.0556. The summed E-state index contributed by atoms with van der Waals surface area (Å²) in [7, 11) is 1.55. The Kier molecular flexibility index (Phi) is 3.92. The fourth-order valence-electron chi connectivity index (χ4n) is 2.22. The molecule has 0 unspecified atom stereocenters. The fourth-order valence-corrected chi connectivity index (χ4v) is 2.22. The van der Waals surface area contributed by atoms with Gasteiger partial charge in [-0.3, -0.25) is 4.79 Å². The van der Waals surface area contributed by atoms with E-state index in [0.717, 1.165) is 11.3 Å². The van der Waals surface area contributed by atoms with Crippen LogP contribution in [0.4, 0.5) is 5.69 Å². The highest BCUT2D eigenvalue weighted by Crippen LogP contribution is 2.24. The van der Waals surface area contributed by atoms with Gasteiger partial charge in [0.25, 0.3) is 5.91 Å². The zero-order valence-corrected chi connectivity index (χ0v) is 12.1. The molecule has 22 heavy (non-hydrogen) atoms. The van der Waals surface area contributed by atoms with Gasteiger partial charge in [0.2, 0.25) is 0 Å². The molecule has 0 aliphatic rings. The van der Waals surface area contributed by atoms with E-state index in [1.54, 1.807) is 31.6 Å². The molecule has 4 nitrogen and oxygen atoms in total. The molecule has 3 aromatic rings. The number of nitrogens with one attached hydrogen (secondary N) is 1. The van der Waals surface area contributed by atoms with Crippen LogP contribution in [0.25, 0.3) is 11.3 Å². The molecular formula is C18H15NO3. The van der Waals surface area contributed by atoms with Crippen LogP contribution in [-0.4, -0.2) is 13.0 Å². The van der Waals surface area contributed by atoms with Gasteiger partial charge in [-0.25, -0.2) is 0 Å². The van der Waals surface area contributed by atoms with Crippen molar-refractivity contribution in [1.82, 2.24) is 0 Å². The smallest absolute Gasteiger partial charge is 0.259 e. The lowest BCUT2D eigenvalue weighted by Crippen LogP contribution is -2.13. The molecule has 0 spiro atoms. The van der Waals surface area contributed by atoms with Gasteiger partial charge in [0, 0.05) is 11.3 Å². The molecule has 0 aliphatic carbocycles. The summed E-state index contributed by atoms with van der Waals surface area (Å²) in [5.41, 5.74) is 2.10. The number of methoxy groups -OCH3 is 1. The number of amides is 1. The van der Waals surface area contributed by atoms with Crippen molar-refractivity contribution in [2.45, 2.75) is 0 Å². The number of para-hydroxylation sites is 1. The minimum atomic E-state index is -0.214. The highest BCUT2D eigenvalue weighted by molar-refractivity contribution is 6.06. The Morgan fingerprint density at radius 2 is 1.91 bits per heavy atom. The van der Waals surface area contributed by atoms with Gasteiger partial charge >= 0.3 is 0 Å². The Morgan fingerprint density at radius 1 is 1.05 bits per heavy atom. The molecule has 3 rings (SSSR count). The van der Waals surface area contributed by atoms with E-state index in [1.165, 1.54) is 0 Å². The maximum Gasteiger partial charge on any atom is 0.259 e. The van der Waals surface area contributed by atoms with Gasteiger partial charge in [-0.15, -0.1) is 0 Å². The molecule has 1 amide bonds. The normalized spacial score (nSPS) is 10.2. The monoisotopic (exact) mass is 293 g/mol. The summed E-state index contributed by atoms with van der Waals surface area (Å²) in [5, 5.41) is 2.87. The molecule has 2 aromatic carbocycles. The summed E-state index contributed by atoms with van der Waals surface area (Å²) < 4.78 is 10.6. The Morgan fingerprint density at radius 3 is 2.68 bits per heavy atom. The van der Waals surface area contributed by atoms with E-state index < -0.39 is 0 Å². The van der Waals surface area contributed by atoms with Gasteiger partial charge in [0.1, 0.15) is 11.5 Å². The zero-order chi connectivity index (χ0) is 15.4. The third-order valence-corrected chi connectivity index (χ3v) is 3.28. The standard InChI is InChI=1S/C18H15NO3/c1-21-17-9-3-2-8-15(17)18(20)19-14-7-4-6-13(12-14)16-10-5-11-22-16/h2-12H,1H3,(H,19,20). The molecule has 0 radical (unpaired) electrons. The lowest BCUT2D eigenvalue weighted by molar-refractivity contribution is 0.102. The number of hydrogen-bond acceptors (Lipinski definition) is 3. The Hall–Kier alpha value is -3.01. The van der Waals surface area contributed by atoms with Crippen LogP contribution >= 0.6 is 0 Å². The molecule has 0 saturated heterocycles. The topological polar surface area (TPSA) is 51.5 Å². The highest BCUT2D eigenvalue weighted by Gasteiger charge is 2.12. The first-order valence-corrected chi connectivity index (χ1v) is 6.86. The van der Waals surface area contributed by atoms with Crippen LogP contribution in [0.2, 0.25) is 0 Å². The Bertz CT molecular complexity index is 779. The third-order valence-electron chi connectivity index (χ3n) is 3.28. The van der Waals surface area contributed by atoms with Crippen molar-refractivity contribution in [1.29, 1.82) is 0 Å². The van der Waals surface area contributed by atoms with Crippen LogP contribution in [-0.2, 0) is 0 Å². The maximum absolute atomic E-state index is 12.4. The van der Waals surface area contributed by atoms with Crippen LogP contribution in [0.3, 0.4) is 0 Å². The van der Waals surface area contributed by atoms with Crippen molar-refractivity contribution in [3.05, 3.63) is 72.5 Å². The van der Waals surface area contributed by atoms with E-state index >= 15 is 0 Å². The van der Waals surface area contributed by atoms with Crippen molar-refractivity contribution in [3.63, 3.8) is 0 Å². The van der Waals surface area contributed by atoms with Crippen LogP contribution in [0.5, 0.6) is 5.75 Å². The minimum absolute atomic E-state index is 0.214. The first kappa shape index (κ1) is 13.9. The first-order chi connectivity index (χ1) is 10.8. The number of furan rings is 1. The molecular weight excluding hydrogens is 278 g/mol. The number of hydrogen-bond donors (Lipinski definition) is 1. The van der Waals surface area contributed by atoms with Gasteiger partial charge in [-0.05, 0) is 36.4 Å². The maximum atomic E-state index is 12.4. The van der Waals surface area contributed by atoms with Crippen molar-refractivity contribution in [2.24, 2.45) is 0 Å². The minimum Gasteiger partial charge on any atom is -0.496 e. The predicted molar refractivity (Wildman–Crippen MR) is 85.1 cm³/mol. The van der Waals surface area contributed by atoms with E-state index in [2.05, 4.69) is 5.32 Å². The molecule has 1 aromatic heterocycles. The summed E-state index contributed by atoms with van der Waals surface area (Å²) >= 11 is 0. The molecule has 110 valence electrons. The molecule has 0 bridgehead atoms. The van der Waals surface area contributed by atoms with Crippen molar-refractivity contribution < 1.29 is 13.9 Å².